The molecule has 2 heterocycles. The second-order valence-corrected chi connectivity index (χ2v) is 6.66. The largest absolute Gasteiger partial charge is 0.497 e. The molecule has 7 nitrogen and oxygen atoms in total. The van der Waals surface area contributed by atoms with Crippen LogP contribution in [0.5, 0.6) is 5.75 Å². The van der Waals surface area contributed by atoms with E-state index in [4.69, 9.17) is 10.5 Å². The van der Waals surface area contributed by atoms with Gasteiger partial charge in [0, 0.05) is 11.8 Å². The predicted molar refractivity (Wildman–Crippen MR) is 107 cm³/mol. The SMILES string of the molecule is COc1ccc(N=Nc2c(N)nn3c4c(cnc23)CCc2ccccc2-4)cc1. The highest BCUT2D eigenvalue weighted by atomic mass is 16.5. The first kappa shape index (κ1) is 16.4. The fourth-order valence-corrected chi connectivity index (χ4v) is 3.59. The van der Waals surface area contributed by atoms with Crippen LogP contribution < -0.4 is 10.5 Å². The van der Waals surface area contributed by atoms with E-state index in [0.29, 0.717) is 22.8 Å². The summed E-state index contributed by atoms with van der Waals surface area (Å²) < 4.78 is 6.96. The molecule has 0 amide bonds. The molecule has 2 aromatic heterocycles. The molecule has 1 aliphatic carbocycles. The van der Waals surface area contributed by atoms with E-state index in [1.54, 1.807) is 11.6 Å². The number of nitrogen functional groups attached to an aromatic ring is 1. The van der Waals surface area contributed by atoms with Gasteiger partial charge in [-0.2, -0.15) is 5.11 Å². The van der Waals surface area contributed by atoms with Crippen LogP contribution in [0.15, 0.2) is 65.0 Å². The number of anilines is 1. The van der Waals surface area contributed by atoms with Crippen LogP contribution in [-0.4, -0.2) is 21.7 Å². The molecule has 7 heteroatoms. The summed E-state index contributed by atoms with van der Waals surface area (Å²) in [7, 11) is 1.63. The Kier molecular flexibility index (Phi) is 3.79. The summed E-state index contributed by atoms with van der Waals surface area (Å²) >= 11 is 0. The van der Waals surface area contributed by atoms with Crippen molar-refractivity contribution in [2.24, 2.45) is 10.2 Å². The van der Waals surface area contributed by atoms with Gasteiger partial charge in [-0.25, -0.2) is 9.50 Å². The van der Waals surface area contributed by atoms with Crippen LogP contribution in [0.4, 0.5) is 17.2 Å². The van der Waals surface area contributed by atoms with Gasteiger partial charge in [-0.05, 0) is 48.2 Å². The molecule has 2 N–H and O–H groups in total. The second kappa shape index (κ2) is 6.45. The Labute approximate surface area is 161 Å². The minimum Gasteiger partial charge on any atom is -0.497 e. The van der Waals surface area contributed by atoms with Crippen molar-refractivity contribution in [2.45, 2.75) is 12.8 Å². The van der Waals surface area contributed by atoms with Crippen molar-refractivity contribution < 1.29 is 4.74 Å². The average Bonchev–Trinajstić information content (AvgIpc) is 3.07. The topological polar surface area (TPSA) is 90.2 Å². The highest BCUT2D eigenvalue weighted by molar-refractivity contribution is 5.80. The Bertz CT molecular complexity index is 1210. The van der Waals surface area contributed by atoms with Crippen LogP contribution in [0.3, 0.4) is 0 Å². The number of azo groups is 1. The van der Waals surface area contributed by atoms with Crippen LogP contribution in [-0.2, 0) is 12.8 Å². The maximum absolute atomic E-state index is 6.17. The fourth-order valence-electron chi connectivity index (χ4n) is 3.59. The Balaban J connectivity index is 1.62. The first-order chi connectivity index (χ1) is 13.7. The van der Waals surface area contributed by atoms with Crippen molar-refractivity contribution in [3.8, 4) is 17.0 Å². The van der Waals surface area contributed by atoms with Gasteiger partial charge in [0.25, 0.3) is 0 Å². The standard InChI is InChI=1S/C21H18N6O/c1-28-16-10-8-15(9-11-16)24-25-18-20(22)26-27-19-14(12-23-21(18)27)7-6-13-4-2-3-5-17(13)19/h2-5,8-12H,6-7H2,1H3,(H2,22,26). The van der Waals surface area contributed by atoms with Crippen molar-refractivity contribution >= 4 is 22.8 Å². The van der Waals surface area contributed by atoms with E-state index in [-0.39, 0.29) is 0 Å². The van der Waals surface area contributed by atoms with E-state index >= 15 is 0 Å². The predicted octanol–water partition coefficient (Wildman–Crippen LogP) is 4.50. The molecule has 0 aliphatic heterocycles. The summed E-state index contributed by atoms with van der Waals surface area (Å²) in [6, 6.07) is 15.7. The summed E-state index contributed by atoms with van der Waals surface area (Å²) in [5.74, 6) is 1.07. The van der Waals surface area contributed by atoms with Gasteiger partial charge in [-0.15, -0.1) is 10.2 Å². The number of rotatable bonds is 3. The Morgan fingerprint density at radius 1 is 1.00 bits per heavy atom. The summed E-state index contributed by atoms with van der Waals surface area (Å²) in [6.07, 6.45) is 3.82. The van der Waals surface area contributed by atoms with Gasteiger partial charge >= 0.3 is 0 Å². The lowest BCUT2D eigenvalue weighted by Crippen LogP contribution is -2.09. The lowest BCUT2D eigenvalue weighted by Gasteiger charge is -2.19. The molecule has 0 bridgehead atoms. The molecule has 5 rings (SSSR count). The average molecular weight is 370 g/mol. The smallest absolute Gasteiger partial charge is 0.185 e. The van der Waals surface area contributed by atoms with Crippen LogP contribution in [0.1, 0.15) is 11.1 Å². The molecule has 28 heavy (non-hydrogen) atoms. The van der Waals surface area contributed by atoms with Gasteiger partial charge in [0.1, 0.15) is 5.75 Å². The monoisotopic (exact) mass is 370 g/mol. The zero-order valence-corrected chi connectivity index (χ0v) is 15.3. The number of fused-ring (bicyclic) bond motifs is 5. The third-order valence-electron chi connectivity index (χ3n) is 5.00. The van der Waals surface area contributed by atoms with Crippen molar-refractivity contribution in [3.63, 3.8) is 0 Å². The van der Waals surface area contributed by atoms with Crippen LogP contribution in [0, 0.1) is 0 Å². The normalized spacial score (nSPS) is 12.9. The maximum Gasteiger partial charge on any atom is 0.185 e. The molecule has 4 aromatic rings. The summed E-state index contributed by atoms with van der Waals surface area (Å²) in [6.45, 7) is 0. The number of hydrogen-bond acceptors (Lipinski definition) is 6. The number of benzene rings is 2. The highest BCUT2D eigenvalue weighted by Crippen LogP contribution is 2.37. The van der Waals surface area contributed by atoms with Gasteiger partial charge in [0.2, 0.25) is 0 Å². The highest BCUT2D eigenvalue weighted by Gasteiger charge is 2.22. The molecule has 138 valence electrons. The van der Waals surface area contributed by atoms with Crippen molar-refractivity contribution in [2.75, 3.05) is 12.8 Å². The minimum absolute atomic E-state index is 0.307. The molecule has 0 fully saturated rings. The number of aryl methyl sites for hydroxylation is 2. The molecular formula is C21H18N6O. The lowest BCUT2D eigenvalue weighted by molar-refractivity contribution is 0.415. The molecule has 2 aromatic carbocycles. The first-order valence-electron chi connectivity index (χ1n) is 9.05. The number of nitrogens with two attached hydrogens (primary N) is 1. The Morgan fingerprint density at radius 2 is 1.79 bits per heavy atom. The molecule has 0 saturated carbocycles. The third-order valence-corrected chi connectivity index (χ3v) is 5.00. The molecule has 1 aliphatic rings. The van der Waals surface area contributed by atoms with Gasteiger partial charge < -0.3 is 10.5 Å². The minimum atomic E-state index is 0.307. The maximum atomic E-state index is 6.17. The molecule has 0 radical (unpaired) electrons. The van der Waals surface area contributed by atoms with Gasteiger partial charge in [-0.1, -0.05) is 24.3 Å². The van der Waals surface area contributed by atoms with E-state index in [1.807, 2.05) is 36.5 Å². The van der Waals surface area contributed by atoms with E-state index in [9.17, 15) is 0 Å². The van der Waals surface area contributed by atoms with E-state index in [1.165, 1.54) is 5.56 Å². The second-order valence-electron chi connectivity index (χ2n) is 6.66. The van der Waals surface area contributed by atoms with E-state index in [2.05, 4.69) is 38.5 Å². The van der Waals surface area contributed by atoms with Crippen LogP contribution in [0.2, 0.25) is 0 Å². The number of hydrogen-bond donors (Lipinski definition) is 1. The van der Waals surface area contributed by atoms with Crippen molar-refractivity contribution in [1.29, 1.82) is 0 Å². The van der Waals surface area contributed by atoms with Crippen molar-refractivity contribution in [1.82, 2.24) is 14.6 Å². The summed E-state index contributed by atoms with van der Waals surface area (Å²) in [4.78, 5) is 4.57. The summed E-state index contributed by atoms with van der Waals surface area (Å²) in [5.41, 5.74) is 12.6. The summed E-state index contributed by atoms with van der Waals surface area (Å²) in [5, 5.41) is 13.1. The van der Waals surface area contributed by atoms with E-state index < -0.39 is 0 Å². The Hall–Kier alpha value is -3.74. The quantitative estimate of drug-likeness (QED) is 0.538. The number of aromatic nitrogens is 3. The number of ether oxygens (including phenoxy) is 1. The molecule has 0 spiro atoms. The Morgan fingerprint density at radius 3 is 2.61 bits per heavy atom. The van der Waals surface area contributed by atoms with Gasteiger partial charge in [-0.3, -0.25) is 0 Å². The van der Waals surface area contributed by atoms with Gasteiger partial charge in [0.05, 0.1) is 18.5 Å². The van der Waals surface area contributed by atoms with Crippen LogP contribution >= 0.6 is 0 Å². The number of nitrogens with zero attached hydrogens (tertiary/aromatic N) is 5. The zero-order valence-electron chi connectivity index (χ0n) is 15.3. The van der Waals surface area contributed by atoms with Gasteiger partial charge in [0.15, 0.2) is 17.2 Å². The first-order valence-corrected chi connectivity index (χ1v) is 9.05. The number of methoxy groups -OCH3 is 1. The molecular weight excluding hydrogens is 352 g/mol. The van der Waals surface area contributed by atoms with Crippen molar-refractivity contribution in [3.05, 3.63) is 65.9 Å². The van der Waals surface area contributed by atoms with Crippen LogP contribution in [0.25, 0.3) is 16.9 Å². The molecule has 0 unspecified atom stereocenters. The fraction of sp³-hybridized carbons (Fsp3) is 0.143. The molecule has 0 atom stereocenters. The van der Waals surface area contributed by atoms with E-state index in [0.717, 1.165) is 35.4 Å². The zero-order chi connectivity index (χ0) is 19.1. The lowest BCUT2D eigenvalue weighted by atomic mass is 9.90. The molecule has 0 saturated heterocycles. The third kappa shape index (κ3) is 2.60.